The number of benzene rings is 2. The van der Waals surface area contributed by atoms with Crippen LogP contribution in [0.5, 0.6) is 5.75 Å². The lowest BCUT2D eigenvalue weighted by Gasteiger charge is -2.02. The molecule has 0 radical (unpaired) electrons. The molecule has 1 aliphatic heterocycles. The predicted octanol–water partition coefficient (Wildman–Crippen LogP) is 3.32. The minimum absolute atomic E-state index is 0.0290. The molecule has 2 unspecified atom stereocenters. The van der Waals surface area contributed by atoms with Crippen molar-refractivity contribution in [3.8, 4) is 5.75 Å². The SMILES string of the molecule is COc1ccc(C2ON2CCc2ccc(F)cc2)cc1. The van der Waals surface area contributed by atoms with Crippen LogP contribution in [0.4, 0.5) is 4.39 Å². The highest BCUT2D eigenvalue weighted by Crippen LogP contribution is 2.37. The third-order valence-electron chi connectivity index (χ3n) is 3.39. The second kappa shape index (κ2) is 5.61. The van der Waals surface area contributed by atoms with Crippen LogP contribution >= 0.6 is 0 Å². The zero-order chi connectivity index (χ0) is 13.9. The van der Waals surface area contributed by atoms with Gasteiger partial charge < -0.3 is 4.74 Å². The summed E-state index contributed by atoms with van der Waals surface area (Å²) in [4.78, 5) is 5.54. The Bertz CT molecular complexity index is 568. The summed E-state index contributed by atoms with van der Waals surface area (Å²) in [6.07, 6.45) is 0.869. The van der Waals surface area contributed by atoms with Crippen molar-refractivity contribution in [1.82, 2.24) is 5.06 Å². The lowest BCUT2D eigenvalue weighted by molar-refractivity contribution is 0.200. The van der Waals surface area contributed by atoms with E-state index in [0.29, 0.717) is 0 Å². The van der Waals surface area contributed by atoms with Crippen LogP contribution in [0.3, 0.4) is 0 Å². The van der Waals surface area contributed by atoms with Gasteiger partial charge in [-0.15, -0.1) is 0 Å². The summed E-state index contributed by atoms with van der Waals surface area (Å²) in [5.41, 5.74) is 2.22. The molecule has 2 aromatic rings. The molecule has 2 aromatic carbocycles. The van der Waals surface area contributed by atoms with Crippen molar-refractivity contribution in [2.75, 3.05) is 13.7 Å². The van der Waals surface area contributed by atoms with Gasteiger partial charge in [0, 0.05) is 6.54 Å². The predicted molar refractivity (Wildman–Crippen MR) is 73.6 cm³/mol. The molecule has 0 amide bonds. The smallest absolute Gasteiger partial charge is 0.179 e. The molecule has 0 saturated carbocycles. The molecule has 3 nitrogen and oxygen atoms in total. The van der Waals surface area contributed by atoms with Gasteiger partial charge in [-0.1, -0.05) is 24.3 Å². The first kappa shape index (κ1) is 13.1. The molecule has 0 aromatic heterocycles. The van der Waals surface area contributed by atoms with E-state index in [2.05, 4.69) is 0 Å². The number of nitrogens with zero attached hydrogens (tertiary/aromatic N) is 1. The largest absolute Gasteiger partial charge is 0.497 e. The van der Waals surface area contributed by atoms with E-state index in [9.17, 15) is 4.39 Å². The lowest BCUT2D eigenvalue weighted by Crippen LogP contribution is -2.04. The third-order valence-corrected chi connectivity index (χ3v) is 3.39. The molecule has 0 spiro atoms. The van der Waals surface area contributed by atoms with Crippen LogP contribution in [0.15, 0.2) is 48.5 Å². The first-order chi connectivity index (χ1) is 9.76. The molecular formula is C16H16FNO2. The molecule has 1 heterocycles. The maximum atomic E-state index is 12.8. The van der Waals surface area contributed by atoms with Gasteiger partial charge in [-0.25, -0.2) is 4.39 Å². The van der Waals surface area contributed by atoms with Gasteiger partial charge in [0.15, 0.2) is 6.23 Å². The molecule has 0 aliphatic carbocycles. The Hall–Kier alpha value is -1.91. The fourth-order valence-electron chi connectivity index (χ4n) is 2.16. The first-order valence-corrected chi connectivity index (χ1v) is 6.58. The Morgan fingerprint density at radius 2 is 1.80 bits per heavy atom. The van der Waals surface area contributed by atoms with Gasteiger partial charge in [-0.2, -0.15) is 5.06 Å². The number of hydrogen-bond acceptors (Lipinski definition) is 3. The van der Waals surface area contributed by atoms with Gasteiger partial charge in [0.1, 0.15) is 11.6 Å². The number of methoxy groups -OCH3 is 1. The van der Waals surface area contributed by atoms with Crippen LogP contribution in [0.2, 0.25) is 0 Å². The Balaban J connectivity index is 1.52. The zero-order valence-corrected chi connectivity index (χ0v) is 11.3. The van der Waals surface area contributed by atoms with Crippen molar-refractivity contribution in [3.63, 3.8) is 0 Å². The fourth-order valence-corrected chi connectivity index (χ4v) is 2.16. The van der Waals surface area contributed by atoms with E-state index >= 15 is 0 Å². The van der Waals surface area contributed by atoms with E-state index in [4.69, 9.17) is 9.57 Å². The zero-order valence-electron chi connectivity index (χ0n) is 11.3. The summed E-state index contributed by atoms with van der Waals surface area (Å²) in [5.74, 6) is 0.639. The number of halogens is 1. The van der Waals surface area contributed by atoms with E-state index in [0.717, 1.165) is 29.8 Å². The highest BCUT2D eigenvalue weighted by Gasteiger charge is 2.37. The molecule has 1 fully saturated rings. The van der Waals surface area contributed by atoms with Crippen molar-refractivity contribution < 1.29 is 14.0 Å². The van der Waals surface area contributed by atoms with Gasteiger partial charge in [-0.05, 0) is 41.8 Å². The Morgan fingerprint density at radius 1 is 1.10 bits per heavy atom. The summed E-state index contributed by atoms with van der Waals surface area (Å²) < 4.78 is 17.9. The maximum absolute atomic E-state index is 12.8. The van der Waals surface area contributed by atoms with E-state index in [-0.39, 0.29) is 12.0 Å². The van der Waals surface area contributed by atoms with Crippen LogP contribution in [0.25, 0.3) is 0 Å². The van der Waals surface area contributed by atoms with E-state index in [1.165, 1.54) is 12.1 Å². The quantitative estimate of drug-likeness (QED) is 0.781. The molecule has 2 atom stereocenters. The van der Waals surface area contributed by atoms with Gasteiger partial charge in [-0.3, -0.25) is 4.84 Å². The molecule has 4 heteroatoms. The molecule has 104 valence electrons. The summed E-state index contributed by atoms with van der Waals surface area (Å²) in [6.45, 7) is 0.794. The molecule has 1 aliphatic rings. The molecule has 0 N–H and O–H groups in total. The van der Waals surface area contributed by atoms with Crippen molar-refractivity contribution in [2.24, 2.45) is 0 Å². The van der Waals surface area contributed by atoms with Gasteiger partial charge in [0.25, 0.3) is 0 Å². The minimum Gasteiger partial charge on any atom is -0.497 e. The van der Waals surface area contributed by atoms with Crippen LogP contribution in [0.1, 0.15) is 17.4 Å². The number of hydrogen-bond donors (Lipinski definition) is 0. The van der Waals surface area contributed by atoms with Crippen molar-refractivity contribution in [3.05, 3.63) is 65.5 Å². The van der Waals surface area contributed by atoms with Crippen LogP contribution < -0.4 is 4.74 Å². The van der Waals surface area contributed by atoms with Crippen molar-refractivity contribution in [2.45, 2.75) is 12.6 Å². The summed E-state index contributed by atoms with van der Waals surface area (Å²) in [7, 11) is 1.65. The second-order valence-corrected chi connectivity index (χ2v) is 4.75. The van der Waals surface area contributed by atoms with E-state index in [1.807, 2.05) is 29.3 Å². The normalized spacial score (nSPS) is 20.7. The maximum Gasteiger partial charge on any atom is 0.179 e. The lowest BCUT2D eigenvalue weighted by atomic mass is 10.1. The van der Waals surface area contributed by atoms with E-state index < -0.39 is 0 Å². The van der Waals surface area contributed by atoms with E-state index in [1.54, 1.807) is 19.2 Å². The average Bonchev–Trinajstić information content (AvgIpc) is 3.26. The van der Waals surface area contributed by atoms with Crippen LogP contribution in [-0.4, -0.2) is 18.7 Å². The summed E-state index contributed by atoms with van der Waals surface area (Å²) in [5, 5.41) is 1.92. The molecule has 20 heavy (non-hydrogen) atoms. The third kappa shape index (κ3) is 2.98. The van der Waals surface area contributed by atoms with Gasteiger partial charge in [0.2, 0.25) is 0 Å². The number of hydroxylamine groups is 2. The Labute approximate surface area is 117 Å². The summed E-state index contributed by atoms with van der Waals surface area (Å²) in [6, 6.07) is 14.4. The number of ether oxygens (including phenoxy) is 1. The molecular weight excluding hydrogens is 257 g/mol. The average molecular weight is 273 g/mol. The standard InChI is InChI=1S/C16H16FNO2/c1-19-15-8-4-13(5-9-15)16-18(20-16)11-10-12-2-6-14(17)7-3-12/h2-9,16H,10-11H2,1H3. The molecule has 1 saturated heterocycles. The highest BCUT2D eigenvalue weighted by molar-refractivity contribution is 5.29. The monoisotopic (exact) mass is 273 g/mol. The highest BCUT2D eigenvalue weighted by atomic mass is 19.1. The summed E-state index contributed by atoms with van der Waals surface area (Å²) >= 11 is 0. The van der Waals surface area contributed by atoms with Gasteiger partial charge in [0.05, 0.1) is 7.11 Å². The molecule has 3 rings (SSSR count). The Kier molecular flexibility index (Phi) is 3.67. The fraction of sp³-hybridized carbons (Fsp3) is 0.250. The van der Waals surface area contributed by atoms with Crippen molar-refractivity contribution >= 4 is 0 Å². The Morgan fingerprint density at radius 3 is 2.45 bits per heavy atom. The second-order valence-electron chi connectivity index (χ2n) is 4.75. The van der Waals surface area contributed by atoms with Crippen molar-refractivity contribution in [1.29, 1.82) is 0 Å². The topological polar surface area (TPSA) is 24.8 Å². The first-order valence-electron chi connectivity index (χ1n) is 6.58. The minimum atomic E-state index is -0.201. The van der Waals surface area contributed by atoms with Crippen LogP contribution in [0, 0.1) is 5.82 Å². The molecule has 0 bridgehead atoms. The van der Waals surface area contributed by atoms with Crippen LogP contribution in [-0.2, 0) is 11.3 Å². The van der Waals surface area contributed by atoms with Gasteiger partial charge >= 0.3 is 0 Å². The number of rotatable bonds is 5.